The van der Waals surface area contributed by atoms with E-state index in [9.17, 15) is 0 Å². The summed E-state index contributed by atoms with van der Waals surface area (Å²) in [4.78, 5) is 6.43. The molecule has 102 valence electrons. The molecule has 0 saturated carbocycles. The van der Waals surface area contributed by atoms with Crippen molar-refractivity contribution in [3.8, 4) is 17.6 Å². The van der Waals surface area contributed by atoms with Crippen molar-refractivity contribution in [1.29, 1.82) is 0 Å². The molecule has 1 aromatic heterocycles. The van der Waals surface area contributed by atoms with Gasteiger partial charge in [-0.1, -0.05) is 11.8 Å². The van der Waals surface area contributed by atoms with Gasteiger partial charge in [0.15, 0.2) is 0 Å². The molecule has 5 heteroatoms. The predicted molar refractivity (Wildman–Crippen MR) is 74.6 cm³/mol. The van der Waals surface area contributed by atoms with Crippen molar-refractivity contribution in [1.82, 2.24) is 9.88 Å². The zero-order valence-electron chi connectivity index (χ0n) is 10.8. The summed E-state index contributed by atoms with van der Waals surface area (Å²) in [5, 5.41) is 0. The summed E-state index contributed by atoms with van der Waals surface area (Å²) in [7, 11) is 0. The van der Waals surface area contributed by atoms with Gasteiger partial charge in [0.05, 0.1) is 25.3 Å². The minimum absolute atomic E-state index is 0.322. The molecule has 2 rings (SSSR count). The largest absolute Gasteiger partial charge is 0.491 e. The number of morpholine rings is 1. The third-order valence-electron chi connectivity index (χ3n) is 2.79. The molecule has 1 saturated heterocycles. The number of hydrogen-bond acceptors (Lipinski definition) is 4. The number of nitrogens with zero attached hydrogens (tertiary/aromatic N) is 2. The van der Waals surface area contributed by atoms with Crippen LogP contribution < -0.4 is 4.74 Å². The van der Waals surface area contributed by atoms with Crippen LogP contribution in [0.3, 0.4) is 0 Å². The molecule has 0 aromatic carbocycles. The Kier molecular flexibility index (Phi) is 5.96. The monoisotopic (exact) mass is 280 g/mol. The third kappa shape index (κ3) is 5.07. The van der Waals surface area contributed by atoms with Crippen LogP contribution >= 0.6 is 11.6 Å². The first kappa shape index (κ1) is 14.1. The lowest BCUT2D eigenvalue weighted by Gasteiger charge is -2.26. The first-order valence-corrected chi connectivity index (χ1v) is 6.85. The fraction of sp³-hybridized carbons (Fsp3) is 0.500. The zero-order valence-corrected chi connectivity index (χ0v) is 11.5. The highest BCUT2D eigenvalue weighted by atomic mass is 35.5. The van der Waals surface area contributed by atoms with Crippen molar-refractivity contribution in [2.45, 2.75) is 0 Å². The second-order valence-corrected chi connectivity index (χ2v) is 4.41. The van der Waals surface area contributed by atoms with Crippen LogP contribution in [0.5, 0.6) is 5.75 Å². The molecule has 1 aliphatic heterocycles. The Morgan fingerprint density at radius 2 is 2.21 bits per heavy atom. The minimum Gasteiger partial charge on any atom is -0.491 e. The molecule has 0 unspecified atom stereocenters. The van der Waals surface area contributed by atoms with Crippen LogP contribution in [-0.2, 0) is 4.74 Å². The van der Waals surface area contributed by atoms with Crippen molar-refractivity contribution in [2.75, 3.05) is 45.3 Å². The fourth-order valence-electron chi connectivity index (χ4n) is 1.82. The maximum absolute atomic E-state index is 5.68. The summed E-state index contributed by atoms with van der Waals surface area (Å²) in [5.74, 6) is 6.79. The highest BCUT2D eigenvalue weighted by Gasteiger charge is 2.09. The molecule has 0 amide bonds. The highest BCUT2D eigenvalue weighted by Crippen LogP contribution is 2.10. The van der Waals surface area contributed by atoms with Crippen LogP contribution in [0.2, 0.25) is 0 Å². The van der Waals surface area contributed by atoms with E-state index in [1.54, 1.807) is 12.4 Å². The molecule has 1 fully saturated rings. The van der Waals surface area contributed by atoms with E-state index in [0.717, 1.165) is 44.2 Å². The molecule has 1 aliphatic rings. The topological polar surface area (TPSA) is 34.6 Å². The van der Waals surface area contributed by atoms with Gasteiger partial charge in [-0.3, -0.25) is 9.88 Å². The van der Waals surface area contributed by atoms with Gasteiger partial charge in [-0.05, 0) is 6.07 Å². The molecule has 4 nitrogen and oxygen atoms in total. The van der Waals surface area contributed by atoms with Gasteiger partial charge in [0, 0.05) is 31.4 Å². The lowest BCUT2D eigenvalue weighted by molar-refractivity contribution is 0.0322. The van der Waals surface area contributed by atoms with Gasteiger partial charge in [0.1, 0.15) is 12.4 Å². The average Bonchev–Trinajstić information content (AvgIpc) is 2.47. The Bertz CT molecular complexity index is 450. The Hall–Kier alpha value is -1.28. The van der Waals surface area contributed by atoms with Gasteiger partial charge >= 0.3 is 0 Å². The van der Waals surface area contributed by atoms with E-state index >= 15 is 0 Å². The molecule has 0 aliphatic carbocycles. The standard InChI is InChI=1S/C14H17ClN2O2/c15-3-1-2-13-10-14(12-16-11-13)19-9-6-17-4-7-18-8-5-17/h10-12H,3-9H2. The van der Waals surface area contributed by atoms with Gasteiger partial charge < -0.3 is 9.47 Å². The number of aromatic nitrogens is 1. The van der Waals surface area contributed by atoms with Crippen molar-refractivity contribution in [3.63, 3.8) is 0 Å². The number of halogens is 1. The number of pyridine rings is 1. The summed E-state index contributed by atoms with van der Waals surface area (Å²) < 4.78 is 11.0. The van der Waals surface area contributed by atoms with Gasteiger partial charge in [0.2, 0.25) is 0 Å². The third-order valence-corrected chi connectivity index (χ3v) is 2.93. The Morgan fingerprint density at radius 3 is 3.00 bits per heavy atom. The summed E-state index contributed by atoms with van der Waals surface area (Å²) in [5.41, 5.74) is 0.824. The SMILES string of the molecule is ClCC#Cc1cncc(OCCN2CCOCC2)c1. The zero-order chi connectivity index (χ0) is 13.3. The Morgan fingerprint density at radius 1 is 1.37 bits per heavy atom. The summed E-state index contributed by atoms with van der Waals surface area (Å²) >= 11 is 5.52. The van der Waals surface area contributed by atoms with Crippen LogP contribution in [0.1, 0.15) is 5.56 Å². The van der Waals surface area contributed by atoms with Crippen LogP contribution in [0.25, 0.3) is 0 Å². The van der Waals surface area contributed by atoms with Gasteiger partial charge in [-0.25, -0.2) is 0 Å². The summed E-state index contributed by atoms with van der Waals surface area (Å²) in [6.07, 6.45) is 3.40. The number of hydrogen-bond donors (Lipinski definition) is 0. The highest BCUT2D eigenvalue weighted by molar-refractivity contribution is 6.19. The van der Waals surface area contributed by atoms with E-state index in [4.69, 9.17) is 21.1 Å². The molecule has 19 heavy (non-hydrogen) atoms. The molecule has 0 atom stereocenters. The molecule has 0 bridgehead atoms. The fourth-order valence-corrected chi connectivity index (χ4v) is 1.89. The number of ether oxygens (including phenoxy) is 2. The molecular formula is C14H17ClN2O2. The molecule has 0 N–H and O–H groups in total. The van der Waals surface area contributed by atoms with Gasteiger partial charge in [0.25, 0.3) is 0 Å². The van der Waals surface area contributed by atoms with Gasteiger partial charge in [-0.15, -0.1) is 11.6 Å². The maximum atomic E-state index is 5.68. The lowest BCUT2D eigenvalue weighted by Crippen LogP contribution is -2.38. The molecule has 2 heterocycles. The van der Waals surface area contributed by atoms with Crippen molar-refractivity contribution < 1.29 is 9.47 Å². The van der Waals surface area contributed by atoms with E-state index in [-0.39, 0.29) is 0 Å². The van der Waals surface area contributed by atoms with Crippen LogP contribution in [0, 0.1) is 11.8 Å². The normalized spacial score (nSPS) is 15.6. The Balaban J connectivity index is 1.78. The van der Waals surface area contributed by atoms with Crippen molar-refractivity contribution in [2.24, 2.45) is 0 Å². The van der Waals surface area contributed by atoms with Crippen LogP contribution in [0.4, 0.5) is 0 Å². The summed E-state index contributed by atoms with van der Waals surface area (Å²) in [6.45, 7) is 5.12. The van der Waals surface area contributed by atoms with E-state index < -0.39 is 0 Å². The first-order chi connectivity index (χ1) is 9.38. The average molecular weight is 281 g/mol. The minimum atomic E-state index is 0.322. The molecule has 0 radical (unpaired) electrons. The number of alkyl halides is 1. The van der Waals surface area contributed by atoms with Crippen LogP contribution in [0.15, 0.2) is 18.5 Å². The van der Waals surface area contributed by atoms with Crippen molar-refractivity contribution >= 4 is 11.6 Å². The first-order valence-electron chi connectivity index (χ1n) is 6.31. The second-order valence-electron chi connectivity index (χ2n) is 4.15. The van der Waals surface area contributed by atoms with E-state index in [0.29, 0.717) is 12.5 Å². The molecule has 0 spiro atoms. The Labute approximate surface area is 118 Å². The summed E-state index contributed by atoms with van der Waals surface area (Å²) in [6, 6.07) is 1.88. The molecular weight excluding hydrogens is 264 g/mol. The predicted octanol–water partition coefficient (Wildman–Crippen LogP) is 1.38. The molecule has 1 aromatic rings. The smallest absolute Gasteiger partial charge is 0.138 e. The van der Waals surface area contributed by atoms with E-state index in [2.05, 4.69) is 21.7 Å². The second kappa shape index (κ2) is 8.00. The lowest BCUT2D eigenvalue weighted by atomic mass is 10.3. The van der Waals surface area contributed by atoms with Crippen molar-refractivity contribution in [3.05, 3.63) is 24.0 Å². The van der Waals surface area contributed by atoms with E-state index in [1.165, 1.54) is 0 Å². The van der Waals surface area contributed by atoms with Gasteiger partial charge in [-0.2, -0.15) is 0 Å². The quantitative estimate of drug-likeness (QED) is 0.617. The van der Waals surface area contributed by atoms with Crippen LogP contribution in [-0.4, -0.2) is 55.2 Å². The van der Waals surface area contributed by atoms with E-state index in [1.807, 2.05) is 6.07 Å². The number of rotatable bonds is 4. The maximum Gasteiger partial charge on any atom is 0.138 e.